The summed E-state index contributed by atoms with van der Waals surface area (Å²) in [7, 11) is 0. The molecule has 0 saturated carbocycles. The van der Waals surface area contributed by atoms with Gasteiger partial charge in [-0.2, -0.15) is 0 Å². The minimum atomic E-state index is 0.857. The Morgan fingerprint density at radius 3 is 1.74 bits per heavy atom. The summed E-state index contributed by atoms with van der Waals surface area (Å²) in [5, 5.41) is 7.03. The number of unbranched alkanes of at least 4 members (excludes halogenated alkanes) is 2. The van der Waals surface area contributed by atoms with Crippen LogP contribution < -0.4 is 0 Å². The number of benzene rings is 4. The third-order valence-electron chi connectivity index (χ3n) is 10.3. The molecule has 0 aliphatic heterocycles. The van der Waals surface area contributed by atoms with E-state index in [2.05, 4.69) is 102 Å². The molecule has 43 heavy (non-hydrogen) atoms. The molecule has 1 heterocycles. The Kier molecular flexibility index (Phi) is 11.0. The molecule has 0 N–H and O–H groups in total. The highest BCUT2D eigenvalue weighted by atomic mass is 32.1. The Labute approximate surface area is 265 Å². The van der Waals surface area contributed by atoms with Crippen molar-refractivity contribution in [2.45, 2.75) is 119 Å². The molecule has 0 nitrogen and oxygen atoms in total. The van der Waals surface area contributed by atoms with E-state index in [-0.39, 0.29) is 0 Å². The van der Waals surface area contributed by atoms with Gasteiger partial charge in [-0.05, 0) is 101 Å². The van der Waals surface area contributed by atoms with Crippen LogP contribution in [0, 0.1) is 25.7 Å². The molecule has 0 radical (unpaired) electrons. The van der Waals surface area contributed by atoms with E-state index >= 15 is 0 Å². The van der Waals surface area contributed by atoms with Crippen LogP contribution in [0.5, 0.6) is 0 Å². The topological polar surface area (TPSA) is 0 Å². The molecular formula is C42H54S. The predicted molar refractivity (Wildman–Crippen MR) is 195 cm³/mol. The molecule has 0 aliphatic carbocycles. The van der Waals surface area contributed by atoms with E-state index in [0.29, 0.717) is 0 Å². The summed E-state index contributed by atoms with van der Waals surface area (Å²) in [6.07, 6.45) is 15.7. The Morgan fingerprint density at radius 2 is 1.16 bits per heavy atom. The molecule has 0 spiro atoms. The fourth-order valence-electron chi connectivity index (χ4n) is 7.30. The second-order valence-corrected chi connectivity index (χ2v) is 14.3. The molecule has 2 unspecified atom stereocenters. The molecule has 1 heteroatoms. The van der Waals surface area contributed by atoms with Crippen molar-refractivity contribution < 1.29 is 0 Å². The van der Waals surface area contributed by atoms with Crippen LogP contribution in [0.3, 0.4) is 0 Å². The van der Waals surface area contributed by atoms with E-state index in [0.717, 1.165) is 11.8 Å². The number of rotatable bonds is 15. The van der Waals surface area contributed by atoms with Crippen LogP contribution in [0.2, 0.25) is 0 Å². The van der Waals surface area contributed by atoms with Crippen LogP contribution in [-0.2, 0) is 12.8 Å². The Bertz CT molecular complexity index is 1650. The smallest absolute Gasteiger partial charge is 0.0393 e. The van der Waals surface area contributed by atoms with Crippen molar-refractivity contribution in [2.24, 2.45) is 11.8 Å². The van der Waals surface area contributed by atoms with Crippen molar-refractivity contribution >= 4 is 43.0 Å². The first kappa shape index (κ1) is 31.8. The van der Waals surface area contributed by atoms with Gasteiger partial charge in [0.25, 0.3) is 0 Å². The van der Waals surface area contributed by atoms with E-state index < -0.39 is 0 Å². The highest BCUT2D eigenvalue weighted by Crippen LogP contribution is 2.45. The van der Waals surface area contributed by atoms with Crippen molar-refractivity contribution in [3.63, 3.8) is 0 Å². The first-order valence-corrected chi connectivity index (χ1v) is 18.3. The molecule has 5 rings (SSSR count). The molecular weight excluding hydrogens is 537 g/mol. The van der Waals surface area contributed by atoms with E-state index in [4.69, 9.17) is 0 Å². The van der Waals surface area contributed by atoms with E-state index in [9.17, 15) is 0 Å². The second-order valence-electron chi connectivity index (χ2n) is 13.3. The standard InChI is InChI=1S/C42H54S/c1-7-11-13-31(9-3)16-18-33-20-24-37-35(27-33)22-15-29(5)40(37)42-30(6)41-38-25-21-34(19-17-32(10-4)14-12-8-2)28-36(38)23-26-39(41)43-42/h15,20-28,31-32H,7-14,16-19H2,1-6H3. The predicted octanol–water partition coefficient (Wildman–Crippen LogP) is 13.8. The molecule has 0 aliphatic rings. The number of fused-ring (bicyclic) bond motifs is 4. The van der Waals surface area contributed by atoms with Crippen molar-refractivity contribution in [3.8, 4) is 10.4 Å². The van der Waals surface area contributed by atoms with Crippen molar-refractivity contribution in [3.05, 3.63) is 82.9 Å². The molecule has 1 aromatic heterocycles. The Hall–Kier alpha value is -2.64. The van der Waals surface area contributed by atoms with Crippen LogP contribution in [0.4, 0.5) is 0 Å². The summed E-state index contributed by atoms with van der Waals surface area (Å²) >= 11 is 1.98. The highest BCUT2D eigenvalue weighted by Gasteiger charge is 2.18. The molecule has 0 bridgehead atoms. The lowest BCUT2D eigenvalue weighted by Gasteiger charge is -2.15. The first-order chi connectivity index (χ1) is 21.0. The van der Waals surface area contributed by atoms with Gasteiger partial charge in [0.1, 0.15) is 0 Å². The second kappa shape index (κ2) is 14.9. The summed E-state index contributed by atoms with van der Waals surface area (Å²) in [4.78, 5) is 1.44. The van der Waals surface area contributed by atoms with Gasteiger partial charge < -0.3 is 0 Å². The van der Waals surface area contributed by atoms with E-state index in [1.54, 1.807) is 0 Å². The zero-order valence-electron chi connectivity index (χ0n) is 27.8. The maximum absolute atomic E-state index is 2.47. The van der Waals surface area contributed by atoms with Gasteiger partial charge >= 0.3 is 0 Å². The lowest BCUT2D eigenvalue weighted by Crippen LogP contribution is -2.01. The molecule has 0 fully saturated rings. The van der Waals surface area contributed by atoms with Gasteiger partial charge in [0.15, 0.2) is 0 Å². The lowest BCUT2D eigenvalue weighted by molar-refractivity contribution is 0.422. The van der Waals surface area contributed by atoms with E-state index in [1.807, 2.05) is 11.3 Å². The van der Waals surface area contributed by atoms with Crippen molar-refractivity contribution in [2.75, 3.05) is 0 Å². The van der Waals surface area contributed by atoms with Gasteiger partial charge in [0, 0.05) is 20.5 Å². The molecule has 4 aromatic carbocycles. The summed E-state index contributed by atoms with van der Waals surface area (Å²) in [5.41, 5.74) is 7.22. The third-order valence-corrected chi connectivity index (χ3v) is 11.5. The summed E-state index contributed by atoms with van der Waals surface area (Å²) < 4.78 is 1.41. The third kappa shape index (κ3) is 7.20. The zero-order valence-corrected chi connectivity index (χ0v) is 28.6. The van der Waals surface area contributed by atoms with E-state index in [1.165, 1.54) is 141 Å². The largest absolute Gasteiger partial charge is 0.135 e. The van der Waals surface area contributed by atoms with Crippen molar-refractivity contribution in [1.29, 1.82) is 0 Å². The van der Waals surface area contributed by atoms with Crippen LogP contribution >= 0.6 is 11.3 Å². The van der Waals surface area contributed by atoms with Gasteiger partial charge in [-0.15, -0.1) is 11.3 Å². The minimum absolute atomic E-state index is 0.857. The first-order valence-electron chi connectivity index (χ1n) is 17.4. The normalized spacial score (nSPS) is 13.3. The van der Waals surface area contributed by atoms with Gasteiger partial charge in [-0.1, -0.05) is 134 Å². The van der Waals surface area contributed by atoms with Gasteiger partial charge in [-0.25, -0.2) is 0 Å². The lowest BCUT2D eigenvalue weighted by atomic mass is 9.90. The fraction of sp³-hybridized carbons (Fsp3) is 0.476. The quantitative estimate of drug-likeness (QED) is 0.114. The van der Waals surface area contributed by atoms with Crippen molar-refractivity contribution in [1.82, 2.24) is 0 Å². The molecule has 2 atom stereocenters. The Morgan fingerprint density at radius 1 is 0.605 bits per heavy atom. The average molecular weight is 591 g/mol. The molecule has 5 aromatic rings. The molecule has 0 saturated heterocycles. The van der Waals surface area contributed by atoms with Crippen LogP contribution in [0.15, 0.2) is 60.7 Å². The molecule has 228 valence electrons. The summed E-state index contributed by atoms with van der Waals surface area (Å²) in [6.45, 7) is 14.0. The zero-order chi connectivity index (χ0) is 30.3. The molecule has 0 amide bonds. The number of hydrogen-bond donors (Lipinski definition) is 0. The van der Waals surface area contributed by atoms with Crippen LogP contribution in [0.1, 0.15) is 114 Å². The Balaban J connectivity index is 1.44. The van der Waals surface area contributed by atoms with Gasteiger partial charge in [0.2, 0.25) is 0 Å². The summed E-state index contributed by atoms with van der Waals surface area (Å²) in [5.74, 6) is 1.72. The number of thiophene rings is 1. The van der Waals surface area contributed by atoms with Crippen LogP contribution in [-0.4, -0.2) is 0 Å². The fourth-order valence-corrected chi connectivity index (χ4v) is 8.65. The van der Waals surface area contributed by atoms with Gasteiger partial charge in [0.05, 0.1) is 0 Å². The van der Waals surface area contributed by atoms with Crippen LogP contribution in [0.25, 0.3) is 42.1 Å². The highest BCUT2D eigenvalue weighted by molar-refractivity contribution is 7.22. The summed E-state index contributed by atoms with van der Waals surface area (Å²) in [6, 6.07) is 24.0. The maximum atomic E-state index is 2.47. The van der Waals surface area contributed by atoms with Gasteiger partial charge in [-0.3, -0.25) is 0 Å². The SMILES string of the molecule is CCCCC(CC)CCc1ccc2c(-c3sc4ccc5cc(CCC(CC)CCCC)ccc5c4c3C)c(C)ccc2c1. The maximum Gasteiger partial charge on any atom is 0.0393 e. The monoisotopic (exact) mass is 590 g/mol. The minimum Gasteiger partial charge on any atom is -0.135 e. The average Bonchev–Trinajstić information content (AvgIpc) is 3.36. The number of aryl methyl sites for hydroxylation is 4. The number of hydrogen-bond acceptors (Lipinski definition) is 1.